The first-order chi connectivity index (χ1) is 5.06. The summed E-state index contributed by atoms with van der Waals surface area (Å²) in [6, 6.07) is 0. The summed E-state index contributed by atoms with van der Waals surface area (Å²) < 4.78 is 0. The SMILES string of the molecule is CNCCCSCC(C)(C)N. The number of thioether (sulfide) groups is 1. The highest BCUT2D eigenvalue weighted by Crippen LogP contribution is 2.09. The number of rotatable bonds is 6. The van der Waals surface area contributed by atoms with Crippen LogP contribution < -0.4 is 11.1 Å². The van der Waals surface area contributed by atoms with Crippen molar-refractivity contribution in [2.24, 2.45) is 5.73 Å². The molecule has 0 aliphatic heterocycles. The van der Waals surface area contributed by atoms with Gasteiger partial charge in [-0.05, 0) is 39.6 Å². The standard InChI is InChI=1S/C8H20N2S/c1-8(2,9)7-11-6-4-5-10-3/h10H,4-7,9H2,1-3H3. The smallest absolute Gasteiger partial charge is 0.0188 e. The molecule has 0 aliphatic carbocycles. The van der Waals surface area contributed by atoms with Gasteiger partial charge >= 0.3 is 0 Å². The van der Waals surface area contributed by atoms with E-state index in [2.05, 4.69) is 19.2 Å². The molecule has 3 heteroatoms. The van der Waals surface area contributed by atoms with Crippen LogP contribution in [0.3, 0.4) is 0 Å². The van der Waals surface area contributed by atoms with E-state index in [1.165, 1.54) is 12.2 Å². The predicted octanol–water partition coefficient (Wildman–Crippen LogP) is 1.07. The topological polar surface area (TPSA) is 38.0 Å². The van der Waals surface area contributed by atoms with E-state index >= 15 is 0 Å². The molecule has 0 bridgehead atoms. The highest BCUT2D eigenvalue weighted by Gasteiger charge is 2.09. The summed E-state index contributed by atoms with van der Waals surface area (Å²) in [5.41, 5.74) is 5.80. The number of nitrogens with one attached hydrogen (secondary N) is 1. The van der Waals surface area contributed by atoms with Crippen LogP contribution in [0.1, 0.15) is 20.3 Å². The fourth-order valence-electron chi connectivity index (χ4n) is 0.686. The van der Waals surface area contributed by atoms with E-state index < -0.39 is 0 Å². The van der Waals surface area contributed by atoms with Gasteiger partial charge in [-0.2, -0.15) is 11.8 Å². The molecule has 0 aromatic carbocycles. The Kier molecular flexibility index (Phi) is 6.01. The molecular weight excluding hydrogens is 156 g/mol. The van der Waals surface area contributed by atoms with Crippen LogP contribution in [-0.4, -0.2) is 30.6 Å². The minimum absolute atomic E-state index is 0.00961. The lowest BCUT2D eigenvalue weighted by molar-refractivity contribution is 0.591. The normalized spacial score (nSPS) is 12.0. The summed E-state index contributed by atoms with van der Waals surface area (Å²) in [6.07, 6.45) is 1.23. The molecule has 0 radical (unpaired) electrons. The maximum absolute atomic E-state index is 5.81. The average molecular weight is 176 g/mol. The van der Waals surface area contributed by atoms with Crippen molar-refractivity contribution in [1.29, 1.82) is 0 Å². The second-order valence-electron chi connectivity index (χ2n) is 3.50. The van der Waals surface area contributed by atoms with E-state index in [0.717, 1.165) is 12.3 Å². The highest BCUT2D eigenvalue weighted by atomic mass is 32.2. The third kappa shape index (κ3) is 10.3. The van der Waals surface area contributed by atoms with Crippen molar-refractivity contribution in [1.82, 2.24) is 5.32 Å². The molecule has 3 N–H and O–H groups in total. The lowest BCUT2D eigenvalue weighted by atomic mass is 10.1. The lowest BCUT2D eigenvalue weighted by Crippen LogP contribution is -2.34. The molecule has 0 aromatic rings. The van der Waals surface area contributed by atoms with Crippen molar-refractivity contribution in [2.75, 3.05) is 25.1 Å². The van der Waals surface area contributed by atoms with Crippen molar-refractivity contribution in [2.45, 2.75) is 25.8 Å². The summed E-state index contributed by atoms with van der Waals surface area (Å²) in [7, 11) is 1.98. The van der Waals surface area contributed by atoms with Gasteiger partial charge in [0.2, 0.25) is 0 Å². The molecule has 0 amide bonds. The zero-order chi connectivity index (χ0) is 8.74. The Morgan fingerprint density at radius 3 is 2.55 bits per heavy atom. The van der Waals surface area contributed by atoms with Gasteiger partial charge in [-0.1, -0.05) is 0 Å². The van der Waals surface area contributed by atoms with Crippen molar-refractivity contribution < 1.29 is 0 Å². The second kappa shape index (κ2) is 5.86. The van der Waals surface area contributed by atoms with E-state index in [1.54, 1.807) is 0 Å². The maximum atomic E-state index is 5.81. The van der Waals surface area contributed by atoms with Gasteiger partial charge in [-0.3, -0.25) is 0 Å². The van der Waals surface area contributed by atoms with Crippen LogP contribution in [0.15, 0.2) is 0 Å². The molecule has 0 heterocycles. The molecule has 11 heavy (non-hydrogen) atoms. The average Bonchev–Trinajstić information content (AvgIpc) is 1.85. The van der Waals surface area contributed by atoms with Gasteiger partial charge in [0.1, 0.15) is 0 Å². The quantitative estimate of drug-likeness (QED) is 0.595. The molecular formula is C8H20N2S. The summed E-state index contributed by atoms with van der Waals surface area (Å²) in [5.74, 6) is 2.26. The predicted molar refractivity (Wildman–Crippen MR) is 54.1 cm³/mol. The van der Waals surface area contributed by atoms with Crippen LogP contribution in [0, 0.1) is 0 Å². The Hall–Kier alpha value is 0.270. The zero-order valence-electron chi connectivity index (χ0n) is 7.81. The Morgan fingerprint density at radius 2 is 2.09 bits per heavy atom. The van der Waals surface area contributed by atoms with E-state index in [-0.39, 0.29) is 5.54 Å². The van der Waals surface area contributed by atoms with Gasteiger partial charge < -0.3 is 11.1 Å². The fourth-order valence-corrected chi connectivity index (χ4v) is 1.71. The Bertz CT molecular complexity index is 88.6. The second-order valence-corrected chi connectivity index (χ2v) is 4.60. The van der Waals surface area contributed by atoms with Crippen LogP contribution in [0.2, 0.25) is 0 Å². The van der Waals surface area contributed by atoms with Crippen LogP contribution in [0.5, 0.6) is 0 Å². The van der Waals surface area contributed by atoms with E-state index in [0.29, 0.717) is 0 Å². The molecule has 2 nitrogen and oxygen atoms in total. The minimum Gasteiger partial charge on any atom is -0.325 e. The largest absolute Gasteiger partial charge is 0.325 e. The van der Waals surface area contributed by atoms with Crippen molar-refractivity contribution in [3.8, 4) is 0 Å². The zero-order valence-corrected chi connectivity index (χ0v) is 8.63. The van der Waals surface area contributed by atoms with Gasteiger partial charge in [0.25, 0.3) is 0 Å². The number of hydrogen-bond donors (Lipinski definition) is 2. The van der Waals surface area contributed by atoms with Gasteiger partial charge in [-0.25, -0.2) is 0 Å². The van der Waals surface area contributed by atoms with Crippen molar-refractivity contribution >= 4 is 11.8 Å². The van der Waals surface area contributed by atoms with Crippen LogP contribution >= 0.6 is 11.8 Å². The van der Waals surface area contributed by atoms with Gasteiger partial charge in [-0.15, -0.1) is 0 Å². The van der Waals surface area contributed by atoms with Gasteiger partial charge in [0.05, 0.1) is 0 Å². The fraction of sp³-hybridized carbons (Fsp3) is 1.00. The van der Waals surface area contributed by atoms with Crippen LogP contribution in [0.25, 0.3) is 0 Å². The Morgan fingerprint density at radius 1 is 1.45 bits per heavy atom. The Labute approximate surface area is 74.3 Å². The number of nitrogens with two attached hydrogens (primary N) is 1. The first kappa shape index (κ1) is 11.3. The van der Waals surface area contributed by atoms with E-state index in [1.807, 2.05) is 18.8 Å². The molecule has 0 rings (SSSR count). The van der Waals surface area contributed by atoms with Gasteiger partial charge in [0.15, 0.2) is 0 Å². The number of hydrogen-bond acceptors (Lipinski definition) is 3. The van der Waals surface area contributed by atoms with E-state index in [9.17, 15) is 0 Å². The summed E-state index contributed by atoms with van der Waals surface area (Å²) in [4.78, 5) is 0. The van der Waals surface area contributed by atoms with Crippen molar-refractivity contribution in [3.63, 3.8) is 0 Å². The first-order valence-corrected chi connectivity index (χ1v) is 5.23. The third-order valence-electron chi connectivity index (χ3n) is 1.19. The first-order valence-electron chi connectivity index (χ1n) is 4.07. The van der Waals surface area contributed by atoms with Crippen LogP contribution in [0.4, 0.5) is 0 Å². The summed E-state index contributed by atoms with van der Waals surface area (Å²) in [6.45, 7) is 5.24. The molecule has 0 atom stereocenters. The molecule has 0 aromatic heterocycles. The molecule has 0 unspecified atom stereocenters. The summed E-state index contributed by atoms with van der Waals surface area (Å²) in [5, 5.41) is 3.12. The van der Waals surface area contributed by atoms with E-state index in [4.69, 9.17) is 5.73 Å². The third-order valence-corrected chi connectivity index (χ3v) is 2.72. The monoisotopic (exact) mass is 176 g/mol. The molecule has 0 saturated heterocycles. The van der Waals surface area contributed by atoms with Crippen molar-refractivity contribution in [3.05, 3.63) is 0 Å². The molecule has 0 fully saturated rings. The highest BCUT2D eigenvalue weighted by molar-refractivity contribution is 7.99. The molecule has 0 spiro atoms. The Balaban J connectivity index is 3.02. The molecule has 0 saturated carbocycles. The van der Waals surface area contributed by atoms with Crippen LogP contribution in [-0.2, 0) is 0 Å². The van der Waals surface area contributed by atoms with Gasteiger partial charge in [0, 0.05) is 11.3 Å². The summed E-state index contributed by atoms with van der Waals surface area (Å²) >= 11 is 1.94. The molecule has 0 aliphatic rings. The molecule has 68 valence electrons. The maximum Gasteiger partial charge on any atom is 0.0188 e. The lowest BCUT2D eigenvalue weighted by Gasteiger charge is -2.17. The minimum atomic E-state index is -0.00961.